The first kappa shape index (κ1) is 14.6. The van der Waals surface area contributed by atoms with Crippen molar-refractivity contribution in [2.45, 2.75) is 31.8 Å². The van der Waals surface area contributed by atoms with Crippen LogP contribution in [0.3, 0.4) is 0 Å². The van der Waals surface area contributed by atoms with E-state index >= 15 is 0 Å². The number of unbranched alkanes of at least 4 members (excludes halogenated alkanes) is 1. The van der Waals surface area contributed by atoms with Gasteiger partial charge >= 0.3 is 0 Å². The highest BCUT2D eigenvalue weighted by molar-refractivity contribution is 6.32. The lowest BCUT2D eigenvalue weighted by Gasteiger charge is -2.32. The van der Waals surface area contributed by atoms with Crippen molar-refractivity contribution in [3.8, 4) is 5.75 Å². The molecule has 1 aliphatic rings. The average molecular weight is 284 g/mol. The van der Waals surface area contributed by atoms with Crippen LogP contribution in [0.15, 0.2) is 24.3 Å². The maximum atomic E-state index is 8.78. The van der Waals surface area contributed by atoms with Gasteiger partial charge in [-0.2, -0.15) is 0 Å². The molecule has 1 heterocycles. The number of piperidine rings is 1. The molecule has 0 spiro atoms. The minimum absolute atomic E-state index is 0.272. The van der Waals surface area contributed by atoms with Gasteiger partial charge in [0.05, 0.1) is 5.02 Å². The molecular weight excluding hydrogens is 262 g/mol. The third-order valence-electron chi connectivity index (χ3n) is 3.55. The van der Waals surface area contributed by atoms with Crippen LogP contribution in [0.2, 0.25) is 5.02 Å². The van der Waals surface area contributed by atoms with E-state index in [2.05, 4.69) is 4.90 Å². The molecule has 0 aliphatic carbocycles. The Kier molecular flexibility index (Phi) is 5.95. The number of ether oxygens (including phenoxy) is 1. The van der Waals surface area contributed by atoms with Crippen molar-refractivity contribution in [3.05, 3.63) is 29.3 Å². The van der Waals surface area contributed by atoms with Gasteiger partial charge in [-0.1, -0.05) is 23.7 Å². The molecule has 4 heteroatoms. The van der Waals surface area contributed by atoms with E-state index in [4.69, 9.17) is 21.4 Å². The van der Waals surface area contributed by atoms with Crippen LogP contribution in [-0.2, 0) is 0 Å². The number of halogens is 1. The Hall–Kier alpha value is -0.770. The van der Waals surface area contributed by atoms with Crippen LogP contribution in [0.25, 0.3) is 0 Å². The largest absolute Gasteiger partial charge is 0.489 e. The summed E-state index contributed by atoms with van der Waals surface area (Å²) in [6.45, 7) is 3.52. The maximum Gasteiger partial charge on any atom is 0.138 e. The van der Waals surface area contributed by atoms with Gasteiger partial charge in [0.1, 0.15) is 11.9 Å². The second-order valence-corrected chi connectivity index (χ2v) is 5.43. The molecule has 0 atom stereocenters. The first-order valence-electron chi connectivity index (χ1n) is 7.04. The molecule has 1 aromatic carbocycles. The molecule has 0 saturated carbocycles. The monoisotopic (exact) mass is 283 g/mol. The SMILES string of the molecule is OCCCCN1CCC(Oc2ccccc2Cl)CC1. The van der Waals surface area contributed by atoms with Crippen LogP contribution in [-0.4, -0.2) is 42.4 Å². The zero-order valence-corrected chi connectivity index (χ0v) is 12.0. The Morgan fingerprint density at radius 2 is 1.95 bits per heavy atom. The van der Waals surface area contributed by atoms with E-state index < -0.39 is 0 Å². The van der Waals surface area contributed by atoms with Gasteiger partial charge in [0.15, 0.2) is 0 Å². The molecule has 1 saturated heterocycles. The predicted octanol–water partition coefficient (Wildman–Crippen LogP) is 2.96. The highest BCUT2D eigenvalue weighted by Crippen LogP contribution is 2.26. The number of nitrogens with zero attached hydrogens (tertiary/aromatic N) is 1. The van der Waals surface area contributed by atoms with Crippen LogP contribution in [0.1, 0.15) is 25.7 Å². The van der Waals surface area contributed by atoms with E-state index in [0.29, 0.717) is 11.6 Å². The lowest BCUT2D eigenvalue weighted by Crippen LogP contribution is -2.38. The number of rotatable bonds is 6. The number of benzene rings is 1. The molecule has 1 fully saturated rings. The number of aliphatic hydroxyl groups excluding tert-OH is 1. The molecule has 106 valence electrons. The summed E-state index contributed by atoms with van der Waals surface area (Å²) in [4.78, 5) is 2.45. The van der Waals surface area contributed by atoms with Crippen LogP contribution in [0.5, 0.6) is 5.75 Å². The maximum absolute atomic E-state index is 8.78. The summed E-state index contributed by atoms with van der Waals surface area (Å²) in [5.74, 6) is 0.794. The Bertz CT molecular complexity index is 378. The first-order chi connectivity index (χ1) is 9.29. The molecule has 2 rings (SSSR count). The van der Waals surface area contributed by atoms with E-state index in [9.17, 15) is 0 Å². The number of hydrogen-bond acceptors (Lipinski definition) is 3. The molecular formula is C15H22ClNO2. The summed E-state index contributed by atoms with van der Waals surface area (Å²) in [5.41, 5.74) is 0. The number of hydrogen-bond donors (Lipinski definition) is 1. The normalized spacial score (nSPS) is 17.6. The van der Waals surface area contributed by atoms with Gasteiger partial charge in [-0.3, -0.25) is 0 Å². The molecule has 0 bridgehead atoms. The van der Waals surface area contributed by atoms with E-state index in [1.807, 2.05) is 24.3 Å². The summed E-state index contributed by atoms with van der Waals surface area (Å²) in [6, 6.07) is 7.65. The summed E-state index contributed by atoms with van der Waals surface area (Å²) >= 11 is 6.10. The average Bonchev–Trinajstić information content (AvgIpc) is 2.44. The minimum Gasteiger partial charge on any atom is -0.489 e. The summed E-state index contributed by atoms with van der Waals surface area (Å²) < 4.78 is 5.96. The van der Waals surface area contributed by atoms with Gasteiger partial charge in [-0.25, -0.2) is 0 Å². The second-order valence-electron chi connectivity index (χ2n) is 5.02. The van der Waals surface area contributed by atoms with Crippen molar-refractivity contribution in [1.82, 2.24) is 4.90 Å². The molecule has 0 aromatic heterocycles. The topological polar surface area (TPSA) is 32.7 Å². The van der Waals surface area contributed by atoms with E-state index in [0.717, 1.165) is 51.1 Å². The summed E-state index contributed by atoms with van der Waals surface area (Å²) in [7, 11) is 0. The highest BCUT2D eigenvalue weighted by Gasteiger charge is 2.20. The number of para-hydroxylation sites is 1. The molecule has 3 nitrogen and oxygen atoms in total. The first-order valence-corrected chi connectivity index (χ1v) is 7.42. The Balaban J connectivity index is 1.73. The van der Waals surface area contributed by atoms with Crippen molar-refractivity contribution in [2.24, 2.45) is 0 Å². The molecule has 1 N–H and O–H groups in total. The van der Waals surface area contributed by atoms with E-state index in [1.54, 1.807) is 0 Å². The lowest BCUT2D eigenvalue weighted by molar-refractivity contribution is 0.0986. The highest BCUT2D eigenvalue weighted by atomic mass is 35.5. The zero-order valence-electron chi connectivity index (χ0n) is 11.2. The van der Waals surface area contributed by atoms with Crippen LogP contribution in [0.4, 0.5) is 0 Å². The van der Waals surface area contributed by atoms with E-state index in [-0.39, 0.29) is 6.10 Å². The van der Waals surface area contributed by atoms with Crippen molar-refractivity contribution >= 4 is 11.6 Å². The Morgan fingerprint density at radius 3 is 2.63 bits per heavy atom. The number of aliphatic hydroxyl groups is 1. The summed E-state index contributed by atoms with van der Waals surface area (Å²) in [5, 5.41) is 9.46. The van der Waals surface area contributed by atoms with Crippen molar-refractivity contribution in [1.29, 1.82) is 0 Å². The quantitative estimate of drug-likeness (QED) is 0.815. The zero-order chi connectivity index (χ0) is 13.5. The molecule has 0 unspecified atom stereocenters. The molecule has 1 aliphatic heterocycles. The third-order valence-corrected chi connectivity index (χ3v) is 3.86. The van der Waals surface area contributed by atoms with Crippen LogP contribution in [0, 0.1) is 0 Å². The molecule has 0 radical (unpaired) electrons. The van der Waals surface area contributed by atoms with Crippen LogP contribution < -0.4 is 4.74 Å². The van der Waals surface area contributed by atoms with Gasteiger partial charge in [-0.05, 0) is 44.4 Å². The van der Waals surface area contributed by atoms with Crippen LogP contribution >= 0.6 is 11.6 Å². The fourth-order valence-electron chi connectivity index (χ4n) is 2.42. The standard InChI is InChI=1S/C15H22ClNO2/c16-14-5-1-2-6-15(14)19-13-7-10-17(11-8-13)9-3-4-12-18/h1-2,5-6,13,18H,3-4,7-12H2. The summed E-state index contributed by atoms with van der Waals surface area (Å²) in [6.07, 6.45) is 4.34. The van der Waals surface area contributed by atoms with Gasteiger partial charge in [0.2, 0.25) is 0 Å². The molecule has 19 heavy (non-hydrogen) atoms. The third kappa shape index (κ3) is 4.68. The number of likely N-dealkylation sites (tertiary alicyclic amines) is 1. The van der Waals surface area contributed by atoms with Gasteiger partial charge in [0.25, 0.3) is 0 Å². The van der Waals surface area contributed by atoms with Crippen molar-refractivity contribution in [2.75, 3.05) is 26.2 Å². The molecule has 1 aromatic rings. The Morgan fingerprint density at radius 1 is 1.21 bits per heavy atom. The van der Waals surface area contributed by atoms with E-state index in [1.165, 1.54) is 0 Å². The van der Waals surface area contributed by atoms with Gasteiger partial charge < -0.3 is 14.7 Å². The second kappa shape index (κ2) is 7.73. The Labute approximate surface area is 120 Å². The van der Waals surface area contributed by atoms with Gasteiger partial charge in [-0.15, -0.1) is 0 Å². The van der Waals surface area contributed by atoms with Gasteiger partial charge in [0, 0.05) is 19.7 Å². The fraction of sp³-hybridized carbons (Fsp3) is 0.600. The van der Waals surface area contributed by atoms with Crippen molar-refractivity contribution < 1.29 is 9.84 Å². The fourth-order valence-corrected chi connectivity index (χ4v) is 2.60. The van der Waals surface area contributed by atoms with Crippen molar-refractivity contribution in [3.63, 3.8) is 0 Å². The smallest absolute Gasteiger partial charge is 0.138 e. The minimum atomic E-state index is 0.272. The lowest BCUT2D eigenvalue weighted by atomic mass is 10.1. The predicted molar refractivity (Wildman–Crippen MR) is 77.9 cm³/mol. The molecule has 0 amide bonds.